The van der Waals surface area contributed by atoms with Gasteiger partial charge in [-0.25, -0.2) is 4.79 Å². The summed E-state index contributed by atoms with van der Waals surface area (Å²) < 4.78 is 86.0. The van der Waals surface area contributed by atoms with Crippen LogP contribution in [0.4, 0.5) is 31.1 Å². The summed E-state index contributed by atoms with van der Waals surface area (Å²) >= 11 is 0. The first-order valence-electron chi connectivity index (χ1n) is 12.2. The van der Waals surface area contributed by atoms with E-state index in [-0.39, 0.29) is 32.2 Å². The van der Waals surface area contributed by atoms with Crippen LogP contribution in [0.15, 0.2) is 48.5 Å². The lowest BCUT2D eigenvalue weighted by molar-refractivity contribution is -0.144. The molecule has 1 aliphatic heterocycles. The van der Waals surface area contributed by atoms with Crippen LogP contribution in [-0.4, -0.2) is 60.5 Å². The van der Waals surface area contributed by atoms with Crippen molar-refractivity contribution in [3.63, 3.8) is 0 Å². The Hall–Kier alpha value is -3.77. The number of primary amides is 1. The Bertz CT molecular complexity index is 1210. The number of hydrogen-bond donors (Lipinski definition) is 1. The van der Waals surface area contributed by atoms with E-state index in [4.69, 9.17) is 10.5 Å². The number of rotatable bonds is 7. The maximum absolute atomic E-state index is 13.8. The predicted octanol–water partition coefficient (Wildman–Crippen LogP) is 4.94. The number of benzene rings is 2. The van der Waals surface area contributed by atoms with Gasteiger partial charge >= 0.3 is 18.4 Å². The lowest BCUT2D eigenvalue weighted by Crippen LogP contribution is -2.49. The smallest absolute Gasteiger partial charge is 0.416 e. The highest BCUT2D eigenvalue weighted by Gasteiger charge is 2.45. The molecule has 0 unspecified atom stereocenters. The molecule has 2 N–H and O–H groups in total. The number of ether oxygens (including phenoxy) is 1. The fourth-order valence-electron chi connectivity index (χ4n) is 4.72. The first-order valence-corrected chi connectivity index (χ1v) is 12.2. The van der Waals surface area contributed by atoms with E-state index < -0.39 is 64.3 Å². The topological polar surface area (TPSA) is 92.9 Å². The van der Waals surface area contributed by atoms with Gasteiger partial charge in [0.15, 0.2) is 0 Å². The minimum atomic E-state index is -5.07. The maximum Gasteiger partial charge on any atom is 0.416 e. The van der Waals surface area contributed by atoms with Crippen LogP contribution in [-0.2, 0) is 32.1 Å². The van der Waals surface area contributed by atoms with Gasteiger partial charge in [-0.15, -0.1) is 0 Å². The number of amides is 3. The summed E-state index contributed by atoms with van der Waals surface area (Å²) in [6.45, 7) is 2.35. The second-order valence-electron chi connectivity index (χ2n) is 10.2. The van der Waals surface area contributed by atoms with Crippen LogP contribution in [0.3, 0.4) is 0 Å². The average molecular weight is 574 g/mol. The van der Waals surface area contributed by atoms with Crippen LogP contribution < -0.4 is 5.73 Å². The number of nitrogens with zero attached hydrogens (tertiary/aromatic N) is 2. The van der Waals surface area contributed by atoms with Gasteiger partial charge in [0.1, 0.15) is 6.61 Å². The van der Waals surface area contributed by atoms with Gasteiger partial charge in [0, 0.05) is 26.1 Å². The molecule has 1 saturated heterocycles. The van der Waals surface area contributed by atoms with Gasteiger partial charge in [0.2, 0.25) is 11.8 Å². The molecule has 1 aliphatic rings. The summed E-state index contributed by atoms with van der Waals surface area (Å²) in [7, 11) is 1.39. The molecule has 3 rings (SSSR count). The SMILES string of the molecule is CN(C(=O)C(C)(C)c1cc(C(F)(F)F)cc(C(F)(F)F)c1)[C@@H]1CN(C(=O)OCCC(N)=O)C[C@H]1c1ccccc1. The van der Waals surface area contributed by atoms with Crippen LogP contribution in [0.1, 0.15) is 48.4 Å². The molecule has 0 saturated carbocycles. The molecular weight excluding hydrogens is 544 g/mol. The quantitative estimate of drug-likeness (QED) is 0.475. The van der Waals surface area contributed by atoms with Crippen LogP contribution in [0.25, 0.3) is 0 Å². The highest BCUT2D eigenvalue weighted by molar-refractivity contribution is 5.88. The second kappa shape index (κ2) is 11.4. The number of halogens is 6. The predicted molar refractivity (Wildman–Crippen MR) is 132 cm³/mol. The van der Waals surface area contributed by atoms with Crippen molar-refractivity contribution >= 4 is 17.9 Å². The second-order valence-corrected chi connectivity index (χ2v) is 10.2. The summed E-state index contributed by atoms with van der Waals surface area (Å²) in [5.74, 6) is -1.85. The number of likely N-dealkylation sites (tertiary alicyclic amines) is 1. The van der Waals surface area contributed by atoms with Crippen molar-refractivity contribution in [1.29, 1.82) is 0 Å². The Kier molecular flexibility index (Phi) is 8.75. The lowest BCUT2D eigenvalue weighted by atomic mass is 9.80. The lowest BCUT2D eigenvalue weighted by Gasteiger charge is -2.36. The molecule has 0 radical (unpaired) electrons. The van der Waals surface area contributed by atoms with Crippen molar-refractivity contribution < 1.29 is 45.5 Å². The molecule has 0 aliphatic carbocycles. The maximum atomic E-state index is 13.8. The van der Waals surface area contributed by atoms with E-state index in [0.717, 1.165) is 5.56 Å². The molecule has 218 valence electrons. The Morgan fingerprint density at radius 2 is 1.45 bits per heavy atom. The number of alkyl halides is 6. The Morgan fingerprint density at radius 3 is 1.95 bits per heavy atom. The Labute approximate surface area is 226 Å². The molecule has 2 aromatic carbocycles. The molecule has 1 heterocycles. The zero-order chi connectivity index (χ0) is 30.0. The number of nitrogens with two attached hydrogens (primary N) is 1. The van der Waals surface area contributed by atoms with Gasteiger partial charge < -0.3 is 20.3 Å². The summed E-state index contributed by atoms with van der Waals surface area (Å²) in [5, 5.41) is 0. The van der Waals surface area contributed by atoms with E-state index in [2.05, 4.69) is 0 Å². The molecule has 7 nitrogen and oxygen atoms in total. The molecule has 0 aromatic heterocycles. The third-order valence-corrected chi connectivity index (χ3v) is 7.01. The molecule has 2 aromatic rings. The van der Waals surface area contributed by atoms with Crippen molar-refractivity contribution in [2.45, 2.75) is 50.0 Å². The number of carbonyl (C=O) groups excluding carboxylic acids is 3. The number of hydrogen-bond acceptors (Lipinski definition) is 4. The van der Waals surface area contributed by atoms with Crippen molar-refractivity contribution in [1.82, 2.24) is 9.80 Å². The van der Waals surface area contributed by atoms with E-state index in [9.17, 15) is 40.7 Å². The van der Waals surface area contributed by atoms with Gasteiger partial charge in [-0.1, -0.05) is 30.3 Å². The van der Waals surface area contributed by atoms with Gasteiger partial charge in [0.05, 0.1) is 29.0 Å². The van der Waals surface area contributed by atoms with Crippen LogP contribution >= 0.6 is 0 Å². The number of likely N-dealkylation sites (N-methyl/N-ethyl adjacent to an activating group) is 1. The van der Waals surface area contributed by atoms with Crippen molar-refractivity contribution in [2.75, 3.05) is 26.7 Å². The van der Waals surface area contributed by atoms with E-state index in [0.29, 0.717) is 12.1 Å². The zero-order valence-electron chi connectivity index (χ0n) is 22.0. The minimum Gasteiger partial charge on any atom is -0.449 e. The van der Waals surface area contributed by atoms with E-state index in [1.165, 1.54) is 30.7 Å². The Balaban J connectivity index is 1.95. The highest BCUT2D eigenvalue weighted by Crippen LogP contribution is 2.40. The minimum absolute atomic E-state index is 0.0118. The molecular formula is C27H29F6N3O4. The van der Waals surface area contributed by atoms with Gasteiger partial charge in [0.25, 0.3) is 0 Å². The first-order chi connectivity index (χ1) is 18.4. The molecule has 2 atom stereocenters. The van der Waals surface area contributed by atoms with Gasteiger partial charge in [-0.2, -0.15) is 26.3 Å². The van der Waals surface area contributed by atoms with Gasteiger partial charge in [-0.05, 0) is 43.2 Å². The van der Waals surface area contributed by atoms with Gasteiger partial charge in [-0.3, -0.25) is 9.59 Å². The van der Waals surface area contributed by atoms with Crippen molar-refractivity contribution in [3.8, 4) is 0 Å². The standard InChI is InChI=1S/C27H29F6N3O4/c1-25(2,17-11-18(26(28,29)30)13-19(12-17)27(31,32)33)23(38)35(3)21-15-36(24(39)40-10-9-22(34)37)14-20(21)16-7-5-4-6-8-16/h4-8,11-13,20-21H,9-10,14-15H2,1-3H3,(H2,34,37)/t20-,21+/m0/s1. The third-order valence-electron chi connectivity index (χ3n) is 7.01. The first kappa shape index (κ1) is 30.8. The van der Waals surface area contributed by atoms with Crippen LogP contribution in [0.2, 0.25) is 0 Å². The summed E-state index contributed by atoms with van der Waals surface area (Å²) in [5.41, 5.74) is 0.534. The summed E-state index contributed by atoms with van der Waals surface area (Å²) in [4.78, 5) is 40.0. The molecule has 3 amide bonds. The van der Waals surface area contributed by atoms with E-state index in [1.54, 1.807) is 30.3 Å². The highest BCUT2D eigenvalue weighted by atomic mass is 19.4. The largest absolute Gasteiger partial charge is 0.449 e. The van der Waals surface area contributed by atoms with Crippen LogP contribution in [0, 0.1) is 0 Å². The Morgan fingerprint density at radius 1 is 0.925 bits per heavy atom. The zero-order valence-corrected chi connectivity index (χ0v) is 22.0. The molecule has 13 heteroatoms. The third kappa shape index (κ3) is 6.86. The van der Waals surface area contributed by atoms with Crippen LogP contribution in [0.5, 0.6) is 0 Å². The molecule has 0 spiro atoms. The molecule has 40 heavy (non-hydrogen) atoms. The fraction of sp³-hybridized carbons (Fsp3) is 0.444. The fourth-order valence-corrected chi connectivity index (χ4v) is 4.72. The van der Waals surface area contributed by atoms with E-state index >= 15 is 0 Å². The summed E-state index contributed by atoms with van der Waals surface area (Å²) in [6, 6.07) is 9.27. The average Bonchev–Trinajstić information content (AvgIpc) is 3.32. The molecule has 1 fully saturated rings. The van der Waals surface area contributed by atoms with Crippen molar-refractivity contribution in [3.05, 3.63) is 70.8 Å². The normalized spacial score (nSPS) is 18.0. The van der Waals surface area contributed by atoms with Crippen molar-refractivity contribution in [2.24, 2.45) is 5.73 Å². The summed E-state index contributed by atoms with van der Waals surface area (Å²) in [6.07, 6.45) is -11.1. The van der Waals surface area contributed by atoms with E-state index in [1.807, 2.05) is 0 Å². The monoisotopic (exact) mass is 573 g/mol. The molecule has 0 bridgehead atoms. The number of carbonyl (C=O) groups is 3.